The molecular weight excluding hydrogens is 528 g/mol. The van der Waals surface area contributed by atoms with Crippen LogP contribution in [-0.2, 0) is 22.4 Å². The predicted octanol–water partition coefficient (Wildman–Crippen LogP) is 4.36. The average Bonchev–Trinajstić information content (AvgIpc) is 2.77. The van der Waals surface area contributed by atoms with Crippen molar-refractivity contribution in [1.82, 2.24) is 10.6 Å². The largest absolute Gasteiger partial charge is 0.506 e. The molecule has 1 amide bonds. The van der Waals surface area contributed by atoms with Crippen LogP contribution in [0.25, 0.3) is 0 Å². The van der Waals surface area contributed by atoms with Gasteiger partial charge in [-0.2, -0.15) is 0 Å². The van der Waals surface area contributed by atoms with Gasteiger partial charge in [-0.1, -0.05) is 52.7 Å². The minimum atomic E-state index is -0.872. The number of carbonyl (C=O) groups excluding carboxylic acids is 2. The third kappa shape index (κ3) is 7.33. The number of phenols is 1. The van der Waals surface area contributed by atoms with Gasteiger partial charge in [-0.3, -0.25) is 4.79 Å². The smallest absolute Gasteiger partial charge is 0.328 e. The van der Waals surface area contributed by atoms with Gasteiger partial charge in [0.1, 0.15) is 11.8 Å². The van der Waals surface area contributed by atoms with Crippen molar-refractivity contribution in [3.63, 3.8) is 0 Å². The molecule has 0 aliphatic carbocycles. The molecule has 2 aromatic rings. The van der Waals surface area contributed by atoms with Crippen molar-refractivity contribution in [3.8, 4) is 5.75 Å². The second kappa shape index (κ2) is 12.8. The lowest BCUT2D eigenvalue weighted by atomic mass is 10.0. The second-order valence-electron chi connectivity index (χ2n) is 7.20. The Morgan fingerprint density at radius 2 is 1.84 bits per heavy atom. The molecule has 0 radical (unpaired) electrons. The van der Waals surface area contributed by atoms with Crippen LogP contribution in [0.15, 0.2) is 45.3 Å². The normalized spacial score (nSPS) is 11.7. The van der Waals surface area contributed by atoms with Crippen LogP contribution in [0.5, 0.6) is 5.75 Å². The molecule has 1 unspecified atom stereocenters. The highest BCUT2D eigenvalue weighted by Crippen LogP contribution is 2.37. The fraction of sp³-hybridized carbons (Fsp3) is 0.391. The van der Waals surface area contributed by atoms with E-state index in [-0.39, 0.29) is 17.7 Å². The van der Waals surface area contributed by atoms with Gasteiger partial charge in [0.25, 0.3) is 5.91 Å². The SMILES string of the molecule is CNCCCCCc1c(Br)cc(C(=O)NC(Cc2ccccc2)C(=O)OC)c(O)c1Br. The Labute approximate surface area is 200 Å². The molecule has 0 aromatic heterocycles. The lowest BCUT2D eigenvalue weighted by Crippen LogP contribution is -2.43. The molecule has 168 valence electrons. The van der Waals surface area contributed by atoms with E-state index in [9.17, 15) is 14.7 Å². The Bertz CT molecular complexity index is 891. The molecule has 0 heterocycles. The van der Waals surface area contributed by atoms with Crippen molar-refractivity contribution in [3.05, 3.63) is 62.0 Å². The number of benzene rings is 2. The van der Waals surface area contributed by atoms with E-state index in [4.69, 9.17) is 4.74 Å². The fourth-order valence-electron chi connectivity index (χ4n) is 3.25. The summed E-state index contributed by atoms with van der Waals surface area (Å²) >= 11 is 6.95. The van der Waals surface area contributed by atoms with Crippen LogP contribution >= 0.6 is 31.9 Å². The zero-order valence-corrected chi connectivity index (χ0v) is 20.9. The molecule has 8 heteroatoms. The standard InChI is InChI=1S/C23H28Br2N2O4/c1-26-12-8-4-7-11-16-18(24)14-17(21(28)20(16)25)22(29)27-19(23(30)31-2)13-15-9-5-3-6-10-15/h3,5-6,9-10,14,19,26,28H,4,7-8,11-13H2,1-2H3,(H,27,29). The molecule has 0 saturated carbocycles. The number of hydrogen-bond acceptors (Lipinski definition) is 5. The molecule has 3 N–H and O–H groups in total. The zero-order chi connectivity index (χ0) is 22.8. The highest BCUT2D eigenvalue weighted by Gasteiger charge is 2.26. The molecule has 6 nitrogen and oxygen atoms in total. The Hall–Kier alpha value is -1.90. The third-order valence-electron chi connectivity index (χ3n) is 4.96. The summed E-state index contributed by atoms with van der Waals surface area (Å²) in [6.45, 7) is 0.969. The van der Waals surface area contributed by atoms with E-state index in [1.54, 1.807) is 6.07 Å². The van der Waals surface area contributed by atoms with E-state index >= 15 is 0 Å². The summed E-state index contributed by atoms with van der Waals surface area (Å²) in [6.07, 6.45) is 4.15. The van der Waals surface area contributed by atoms with Crippen LogP contribution < -0.4 is 10.6 Å². The van der Waals surface area contributed by atoms with Crippen LogP contribution in [0.4, 0.5) is 0 Å². The van der Waals surface area contributed by atoms with Gasteiger partial charge in [-0.05, 0) is 66.0 Å². The van der Waals surface area contributed by atoms with Crippen LogP contribution in [0.3, 0.4) is 0 Å². The first-order valence-corrected chi connectivity index (χ1v) is 11.7. The Morgan fingerprint density at radius 3 is 2.48 bits per heavy atom. The summed E-state index contributed by atoms with van der Waals surface area (Å²) in [4.78, 5) is 25.1. The fourth-order valence-corrected chi connectivity index (χ4v) is 4.77. The van der Waals surface area contributed by atoms with E-state index in [0.29, 0.717) is 4.47 Å². The summed E-state index contributed by atoms with van der Waals surface area (Å²) in [5, 5.41) is 16.5. The number of aromatic hydroxyl groups is 1. The summed E-state index contributed by atoms with van der Waals surface area (Å²) in [5.41, 5.74) is 1.88. The van der Waals surface area contributed by atoms with Gasteiger partial charge in [0.15, 0.2) is 0 Å². The van der Waals surface area contributed by atoms with Crippen LogP contribution in [-0.4, -0.2) is 43.7 Å². The van der Waals surface area contributed by atoms with Crippen molar-refractivity contribution in [2.24, 2.45) is 0 Å². The number of methoxy groups -OCH3 is 1. The molecule has 0 bridgehead atoms. The average molecular weight is 556 g/mol. The number of rotatable bonds is 11. The monoisotopic (exact) mass is 554 g/mol. The number of phenolic OH excluding ortho intramolecular Hbond substituents is 1. The summed E-state index contributed by atoms with van der Waals surface area (Å²) in [6, 6.07) is 10.1. The van der Waals surface area contributed by atoms with Crippen LogP contribution in [0, 0.1) is 0 Å². The van der Waals surface area contributed by atoms with Crippen molar-refractivity contribution in [1.29, 1.82) is 0 Å². The van der Waals surface area contributed by atoms with Gasteiger partial charge in [-0.15, -0.1) is 0 Å². The summed E-state index contributed by atoms with van der Waals surface area (Å²) in [5.74, 6) is -1.24. The lowest BCUT2D eigenvalue weighted by Gasteiger charge is -2.18. The Balaban J connectivity index is 2.16. The van der Waals surface area contributed by atoms with Gasteiger partial charge in [0.05, 0.1) is 17.1 Å². The first kappa shape index (κ1) is 25.4. The highest BCUT2D eigenvalue weighted by atomic mass is 79.9. The lowest BCUT2D eigenvalue weighted by molar-refractivity contribution is -0.142. The molecule has 0 aliphatic heterocycles. The third-order valence-corrected chi connectivity index (χ3v) is 6.52. The Kier molecular flexibility index (Phi) is 10.5. The second-order valence-corrected chi connectivity index (χ2v) is 8.85. The van der Waals surface area contributed by atoms with Gasteiger partial charge in [-0.25, -0.2) is 4.79 Å². The number of carbonyl (C=O) groups is 2. The van der Waals surface area contributed by atoms with E-state index in [2.05, 4.69) is 42.5 Å². The van der Waals surface area contributed by atoms with Gasteiger partial charge < -0.3 is 20.5 Å². The molecule has 1 atom stereocenters. The maximum atomic E-state index is 12.9. The van der Waals surface area contributed by atoms with E-state index < -0.39 is 17.9 Å². The number of unbranched alkanes of at least 4 members (excludes halogenated alkanes) is 2. The maximum absolute atomic E-state index is 12.9. The van der Waals surface area contributed by atoms with Crippen molar-refractivity contribution < 1.29 is 19.4 Å². The van der Waals surface area contributed by atoms with E-state index in [1.165, 1.54) is 7.11 Å². The quantitative estimate of drug-likeness (QED) is 0.283. The number of hydrogen-bond donors (Lipinski definition) is 3. The minimum Gasteiger partial charge on any atom is -0.506 e. The Morgan fingerprint density at radius 1 is 1.13 bits per heavy atom. The highest BCUT2D eigenvalue weighted by molar-refractivity contribution is 9.11. The van der Waals surface area contributed by atoms with Crippen LogP contribution in [0.1, 0.15) is 40.7 Å². The van der Waals surface area contributed by atoms with Gasteiger partial charge >= 0.3 is 5.97 Å². The number of amides is 1. The topological polar surface area (TPSA) is 87.7 Å². The maximum Gasteiger partial charge on any atom is 0.328 e. The first-order chi connectivity index (χ1) is 14.9. The molecule has 2 rings (SSSR count). The zero-order valence-electron chi connectivity index (χ0n) is 17.7. The number of esters is 1. The van der Waals surface area contributed by atoms with E-state index in [1.807, 2.05) is 37.4 Å². The molecule has 0 spiro atoms. The minimum absolute atomic E-state index is 0.0830. The van der Waals surface area contributed by atoms with Gasteiger partial charge in [0.2, 0.25) is 0 Å². The van der Waals surface area contributed by atoms with Crippen molar-refractivity contribution in [2.45, 2.75) is 38.1 Å². The van der Waals surface area contributed by atoms with Crippen LogP contribution in [0.2, 0.25) is 0 Å². The predicted molar refractivity (Wildman–Crippen MR) is 128 cm³/mol. The van der Waals surface area contributed by atoms with Crippen molar-refractivity contribution in [2.75, 3.05) is 20.7 Å². The number of nitrogens with one attached hydrogen (secondary N) is 2. The molecule has 31 heavy (non-hydrogen) atoms. The summed E-state index contributed by atoms with van der Waals surface area (Å²) < 4.78 is 6.07. The molecule has 0 fully saturated rings. The van der Waals surface area contributed by atoms with Crippen molar-refractivity contribution >= 4 is 43.7 Å². The number of ether oxygens (including phenoxy) is 1. The molecule has 0 saturated heterocycles. The molecule has 0 aliphatic rings. The summed E-state index contributed by atoms with van der Waals surface area (Å²) in [7, 11) is 3.21. The molecular formula is C23H28Br2N2O4. The first-order valence-electron chi connectivity index (χ1n) is 10.2. The van der Waals surface area contributed by atoms with Gasteiger partial charge in [0, 0.05) is 10.9 Å². The number of halogens is 2. The van der Waals surface area contributed by atoms with E-state index in [0.717, 1.165) is 47.8 Å². The molecule has 2 aromatic carbocycles.